The maximum atomic E-state index is 2.23. The van der Waals surface area contributed by atoms with Gasteiger partial charge in [-0.25, -0.2) is 0 Å². The smallest absolute Gasteiger partial charge is 0.0122 e. The van der Waals surface area contributed by atoms with Crippen LogP contribution >= 0.6 is 11.8 Å². The van der Waals surface area contributed by atoms with Gasteiger partial charge in [0.05, 0.1) is 0 Å². The highest BCUT2D eigenvalue weighted by Crippen LogP contribution is 2.28. The van der Waals surface area contributed by atoms with E-state index in [1.54, 1.807) is 0 Å². The summed E-state index contributed by atoms with van der Waals surface area (Å²) in [6, 6.07) is 26.4. The van der Waals surface area contributed by atoms with E-state index >= 15 is 0 Å². The molecule has 0 spiro atoms. The molecule has 110 valence electrons. The second kappa shape index (κ2) is 6.85. The monoisotopic (exact) mass is 304 g/mol. The van der Waals surface area contributed by atoms with Crippen molar-refractivity contribution in [1.82, 2.24) is 0 Å². The van der Waals surface area contributed by atoms with Gasteiger partial charge in [-0.1, -0.05) is 71.4 Å². The van der Waals surface area contributed by atoms with Gasteiger partial charge in [0.1, 0.15) is 0 Å². The number of benzene rings is 3. The van der Waals surface area contributed by atoms with E-state index in [1.807, 2.05) is 11.8 Å². The van der Waals surface area contributed by atoms with Crippen LogP contribution in [0.2, 0.25) is 0 Å². The molecule has 0 N–H and O–H groups in total. The van der Waals surface area contributed by atoms with E-state index in [0.717, 1.165) is 6.42 Å². The van der Waals surface area contributed by atoms with Gasteiger partial charge in [0.2, 0.25) is 0 Å². The summed E-state index contributed by atoms with van der Waals surface area (Å²) in [5.41, 5.74) is 5.34. The molecule has 3 rings (SSSR count). The third kappa shape index (κ3) is 4.02. The highest BCUT2D eigenvalue weighted by molar-refractivity contribution is 7.99. The average Bonchev–Trinajstić information content (AvgIpc) is 2.54. The molecule has 0 radical (unpaired) electrons. The number of aryl methyl sites for hydroxylation is 2. The van der Waals surface area contributed by atoms with E-state index in [2.05, 4.69) is 86.6 Å². The number of rotatable bonds is 4. The van der Waals surface area contributed by atoms with Gasteiger partial charge < -0.3 is 0 Å². The second-order valence-corrected chi connectivity index (χ2v) is 6.87. The van der Waals surface area contributed by atoms with Crippen molar-refractivity contribution >= 4 is 11.8 Å². The molecule has 0 heterocycles. The maximum absolute atomic E-state index is 2.23. The fourth-order valence-corrected chi connectivity index (χ4v) is 3.18. The summed E-state index contributed by atoms with van der Waals surface area (Å²) < 4.78 is 0. The predicted octanol–water partition coefficient (Wildman–Crippen LogP) is 6.05. The van der Waals surface area contributed by atoms with Gasteiger partial charge in [-0.3, -0.25) is 0 Å². The molecule has 0 atom stereocenters. The zero-order valence-corrected chi connectivity index (χ0v) is 13.9. The fourth-order valence-electron chi connectivity index (χ4n) is 2.36. The van der Waals surface area contributed by atoms with E-state index in [4.69, 9.17) is 0 Å². The Kier molecular flexibility index (Phi) is 4.65. The molecular formula is C21H20S. The second-order valence-electron chi connectivity index (χ2n) is 5.72. The van der Waals surface area contributed by atoms with Crippen LogP contribution in [0.1, 0.15) is 22.3 Å². The number of hydrogen-bond donors (Lipinski definition) is 0. The largest absolute Gasteiger partial charge is 0.0901 e. The van der Waals surface area contributed by atoms with Crippen molar-refractivity contribution < 1.29 is 0 Å². The molecule has 3 aromatic rings. The van der Waals surface area contributed by atoms with Crippen molar-refractivity contribution in [3.8, 4) is 0 Å². The molecule has 0 saturated carbocycles. The summed E-state index contributed by atoms with van der Waals surface area (Å²) in [5.74, 6) is 0. The zero-order valence-electron chi connectivity index (χ0n) is 13.0. The highest BCUT2D eigenvalue weighted by atomic mass is 32.2. The van der Waals surface area contributed by atoms with E-state index < -0.39 is 0 Å². The Labute approximate surface area is 137 Å². The van der Waals surface area contributed by atoms with Crippen LogP contribution in [0.5, 0.6) is 0 Å². The normalized spacial score (nSPS) is 10.6. The van der Waals surface area contributed by atoms with Crippen LogP contribution in [0.15, 0.2) is 82.6 Å². The Morgan fingerprint density at radius 1 is 0.545 bits per heavy atom. The van der Waals surface area contributed by atoms with Crippen molar-refractivity contribution in [3.05, 3.63) is 95.1 Å². The van der Waals surface area contributed by atoms with Crippen LogP contribution in [0.4, 0.5) is 0 Å². The molecule has 0 saturated heterocycles. The highest BCUT2D eigenvalue weighted by Gasteiger charge is 2.00. The van der Waals surface area contributed by atoms with Crippen LogP contribution in [-0.2, 0) is 6.42 Å². The first-order valence-corrected chi connectivity index (χ1v) is 8.40. The van der Waals surface area contributed by atoms with Crippen molar-refractivity contribution in [2.45, 2.75) is 30.1 Å². The van der Waals surface area contributed by atoms with Crippen molar-refractivity contribution in [1.29, 1.82) is 0 Å². The Hall–Kier alpha value is -1.99. The van der Waals surface area contributed by atoms with Crippen molar-refractivity contribution in [3.63, 3.8) is 0 Å². The lowest BCUT2D eigenvalue weighted by molar-refractivity contribution is 1.17. The summed E-state index contributed by atoms with van der Waals surface area (Å²) in [4.78, 5) is 2.58. The third-order valence-electron chi connectivity index (χ3n) is 3.71. The number of hydrogen-bond acceptors (Lipinski definition) is 1. The molecule has 3 aromatic carbocycles. The fraction of sp³-hybridized carbons (Fsp3) is 0.143. The zero-order chi connectivity index (χ0) is 15.4. The summed E-state index contributed by atoms with van der Waals surface area (Å²) in [7, 11) is 0. The molecule has 0 fully saturated rings. The van der Waals surface area contributed by atoms with Crippen LogP contribution in [0.3, 0.4) is 0 Å². The summed E-state index contributed by atoms with van der Waals surface area (Å²) in [6.07, 6.45) is 0.996. The lowest BCUT2D eigenvalue weighted by Gasteiger charge is -2.05. The molecule has 22 heavy (non-hydrogen) atoms. The first kappa shape index (κ1) is 14.9. The molecule has 0 aromatic heterocycles. The van der Waals surface area contributed by atoms with E-state index in [1.165, 1.54) is 32.0 Å². The molecule has 0 amide bonds. The predicted molar refractivity (Wildman–Crippen MR) is 95.7 cm³/mol. The van der Waals surface area contributed by atoms with Gasteiger partial charge in [0.15, 0.2) is 0 Å². The van der Waals surface area contributed by atoms with Gasteiger partial charge in [-0.05, 0) is 55.7 Å². The summed E-state index contributed by atoms with van der Waals surface area (Å²) in [6.45, 7) is 4.25. The average molecular weight is 304 g/mol. The first-order valence-electron chi connectivity index (χ1n) is 7.58. The molecule has 1 heteroatoms. The maximum Gasteiger partial charge on any atom is 0.0122 e. The lowest BCUT2D eigenvalue weighted by Crippen LogP contribution is -1.88. The minimum atomic E-state index is 0.996. The van der Waals surface area contributed by atoms with E-state index in [9.17, 15) is 0 Å². The van der Waals surface area contributed by atoms with Crippen molar-refractivity contribution in [2.75, 3.05) is 0 Å². The Morgan fingerprint density at radius 3 is 1.41 bits per heavy atom. The van der Waals surface area contributed by atoms with E-state index in [-0.39, 0.29) is 0 Å². The molecule has 0 aliphatic rings. The van der Waals surface area contributed by atoms with Crippen molar-refractivity contribution in [2.24, 2.45) is 0 Å². The Bertz CT molecular complexity index is 656. The first-order chi connectivity index (χ1) is 10.7. The summed E-state index contributed by atoms with van der Waals surface area (Å²) in [5, 5.41) is 0. The minimum absolute atomic E-state index is 0.996. The van der Waals surface area contributed by atoms with Gasteiger partial charge in [-0.15, -0.1) is 0 Å². The Morgan fingerprint density at radius 2 is 0.909 bits per heavy atom. The molecule has 0 bridgehead atoms. The summed E-state index contributed by atoms with van der Waals surface area (Å²) >= 11 is 1.81. The molecular weight excluding hydrogens is 284 g/mol. The van der Waals surface area contributed by atoms with Crippen LogP contribution in [0, 0.1) is 13.8 Å². The topological polar surface area (TPSA) is 0 Å². The standard InChI is InChI=1S/C21H20S/c1-16-3-7-18(8-4-16)15-19-9-13-21(14-10-19)22-20-11-5-17(2)6-12-20/h3-14H,15H2,1-2H3. The minimum Gasteiger partial charge on any atom is -0.0901 e. The van der Waals surface area contributed by atoms with Crippen LogP contribution in [0.25, 0.3) is 0 Å². The quantitative estimate of drug-likeness (QED) is 0.566. The lowest BCUT2D eigenvalue weighted by atomic mass is 10.0. The van der Waals surface area contributed by atoms with Gasteiger partial charge in [-0.2, -0.15) is 0 Å². The van der Waals surface area contributed by atoms with Gasteiger partial charge in [0, 0.05) is 9.79 Å². The van der Waals surface area contributed by atoms with E-state index in [0.29, 0.717) is 0 Å². The third-order valence-corrected chi connectivity index (χ3v) is 4.72. The molecule has 0 unspecified atom stereocenters. The SMILES string of the molecule is Cc1ccc(Cc2ccc(Sc3ccc(C)cc3)cc2)cc1. The molecule has 0 nitrogen and oxygen atoms in total. The van der Waals surface area contributed by atoms with Gasteiger partial charge in [0.25, 0.3) is 0 Å². The van der Waals surface area contributed by atoms with Gasteiger partial charge >= 0.3 is 0 Å². The van der Waals surface area contributed by atoms with Crippen LogP contribution in [-0.4, -0.2) is 0 Å². The molecule has 0 aliphatic carbocycles. The Balaban J connectivity index is 1.67. The molecule has 0 aliphatic heterocycles. The van der Waals surface area contributed by atoms with Crippen LogP contribution < -0.4 is 0 Å².